The fraction of sp³-hybridized carbons (Fsp3) is 0.818. The number of rotatable bonds is 7. The second-order valence-electron chi connectivity index (χ2n) is 4.49. The van der Waals surface area contributed by atoms with E-state index in [4.69, 9.17) is 26.3 Å². The monoisotopic (exact) mass is 293 g/mol. The summed E-state index contributed by atoms with van der Waals surface area (Å²) in [6.07, 6.45) is 1.75. The molecule has 20 heavy (non-hydrogen) atoms. The summed E-state index contributed by atoms with van der Waals surface area (Å²) in [6.45, 7) is 0.953. The molecule has 1 unspecified atom stereocenters. The molecule has 0 bridgehead atoms. The lowest BCUT2D eigenvalue weighted by Crippen LogP contribution is -2.34. The number of unbranched alkanes of at least 4 members (excludes halogenated alkanes) is 1. The van der Waals surface area contributed by atoms with Crippen molar-refractivity contribution in [1.82, 2.24) is 10.8 Å². The van der Waals surface area contributed by atoms with Crippen molar-refractivity contribution in [2.45, 2.75) is 43.9 Å². The third-order valence-corrected chi connectivity index (χ3v) is 2.81. The molecule has 0 radical (unpaired) electrons. The highest BCUT2D eigenvalue weighted by atomic mass is 16.5. The lowest BCUT2D eigenvalue weighted by atomic mass is 10.1. The smallest absolute Gasteiger partial charge is 0.323 e. The van der Waals surface area contributed by atoms with Crippen LogP contribution in [0, 0.1) is 0 Å². The fourth-order valence-corrected chi connectivity index (χ4v) is 1.64. The number of aliphatic hydroxyl groups is 1. The molecule has 1 aliphatic rings. The van der Waals surface area contributed by atoms with Gasteiger partial charge in [-0.2, -0.15) is 5.48 Å². The molecule has 9 heteroatoms. The van der Waals surface area contributed by atoms with Crippen LogP contribution in [-0.4, -0.2) is 63.7 Å². The summed E-state index contributed by atoms with van der Waals surface area (Å²) in [6, 6.07) is -1.40. The summed E-state index contributed by atoms with van der Waals surface area (Å²) >= 11 is 0. The summed E-state index contributed by atoms with van der Waals surface area (Å²) in [4.78, 5) is 20.4. The molecule has 8 N–H and O–H groups in total. The zero-order chi connectivity index (χ0) is 15.5. The van der Waals surface area contributed by atoms with Gasteiger partial charge >= 0.3 is 11.9 Å². The summed E-state index contributed by atoms with van der Waals surface area (Å²) < 4.78 is 0. The highest BCUT2D eigenvalue weighted by Gasteiger charge is 2.27. The van der Waals surface area contributed by atoms with Gasteiger partial charge in [0.15, 0.2) is 0 Å². The Hall–Kier alpha value is -1.26. The summed E-state index contributed by atoms with van der Waals surface area (Å²) in [7, 11) is 0. The van der Waals surface area contributed by atoms with Gasteiger partial charge in [0.25, 0.3) is 0 Å². The number of β-amino-alcohol motifs (C(OH)–C–C–N with tert-alkyl or cyclic N) is 1. The van der Waals surface area contributed by atoms with E-state index < -0.39 is 30.1 Å². The fourth-order valence-electron chi connectivity index (χ4n) is 1.64. The number of nitrogens with one attached hydrogen (secondary N) is 2. The molecule has 118 valence electrons. The van der Waals surface area contributed by atoms with Crippen molar-refractivity contribution < 1.29 is 30.1 Å². The number of carbonyl (C=O) groups is 2. The van der Waals surface area contributed by atoms with Crippen LogP contribution in [0.1, 0.15) is 25.7 Å². The van der Waals surface area contributed by atoms with Crippen molar-refractivity contribution in [2.24, 2.45) is 5.73 Å². The number of carboxylic acid groups (broad SMARTS) is 2. The summed E-state index contributed by atoms with van der Waals surface area (Å²) in [5.74, 6) is -1.92. The van der Waals surface area contributed by atoms with Gasteiger partial charge in [0, 0.05) is 13.0 Å². The molecule has 0 aliphatic carbocycles. The Morgan fingerprint density at radius 1 is 1.35 bits per heavy atom. The first-order valence-corrected chi connectivity index (χ1v) is 6.39. The Morgan fingerprint density at radius 3 is 2.30 bits per heavy atom. The van der Waals surface area contributed by atoms with E-state index in [0.717, 1.165) is 6.42 Å². The lowest BCUT2D eigenvalue weighted by molar-refractivity contribution is -0.142. The second-order valence-corrected chi connectivity index (χ2v) is 4.49. The van der Waals surface area contributed by atoms with Gasteiger partial charge in [-0.05, 0) is 25.8 Å². The van der Waals surface area contributed by atoms with Crippen LogP contribution in [0.3, 0.4) is 0 Å². The van der Waals surface area contributed by atoms with Gasteiger partial charge in [-0.25, -0.2) is 0 Å². The van der Waals surface area contributed by atoms with Crippen molar-refractivity contribution in [2.75, 3.05) is 13.1 Å². The van der Waals surface area contributed by atoms with E-state index in [0.29, 0.717) is 32.4 Å². The first-order chi connectivity index (χ1) is 9.42. The third kappa shape index (κ3) is 8.02. The van der Waals surface area contributed by atoms with Gasteiger partial charge < -0.3 is 31.6 Å². The zero-order valence-electron chi connectivity index (χ0n) is 11.2. The average Bonchev–Trinajstić information content (AvgIpc) is 2.82. The van der Waals surface area contributed by atoms with Crippen molar-refractivity contribution in [3.8, 4) is 0 Å². The summed E-state index contributed by atoms with van der Waals surface area (Å²) in [5.41, 5.74) is 6.92. The Kier molecular flexibility index (Phi) is 9.86. The maximum atomic E-state index is 10.3. The zero-order valence-corrected chi connectivity index (χ0v) is 11.2. The number of nitrogens with two attached hydrogens (primary N) is 1. The topological polar surface area (TPSA) is 165 Å². The van der Waals surface area contributed by atoms with Crippen LogP contribution in [0.2, 0.25) is 0 Å². The molecule has 1 fully saturated rings. The van der Waals surface area contributed by atoms with Gasteiger partial charge in [0.2, 0.25) is 0 Å². The van der Waals surface area contributed by atoms with Crippen molar-refractivity contribution in [1.29, 1.82) is 0 Å². The normalized spacial score (nSPS) is 22.8. The Labute approximate surface area is 116 Å². The predicted octanol–water partition coefficient (Wildman–Crippen LogP) is -1.66. The number of hydrogen-bond donors (Lipinski definition) is 7. The molecule has 9 nitrogen and oxygen atoms in total. The molecule has 0 saturated carbocycles. The van der Waals surface area contributed by atoms with Crippen molar-refractivity contribution >= 4 is 11.9 Å². The van der Waals surface area contributed by atoms with Gasteiger partial charge in [0.05, 0.1) is 6.10 Å². The molecule has 0 aromatic carbocycles. The number of carboxylic acids is 2. The quantitative estimate of drug-likeness (QED) is 0.215. The first kappa shape index (κ1) is 18.7. The molecule has 1 saturated heterocycles. The highest BCUT2D eigenvalue weighted by molar-refractivity contribution is 5.74. The van der Waals surface area contributed by atoms with Gasteiger partial charge in [0.1, 0.15) is 12.1 Å². The molecule has 0 aromatic rings. The number of aliphatic carboxylic acids is 2. The number of hydrogen-bond acceptors (Lipinski definition) is 7. The Balaban J connectivity index is 0.000000367. The van der Waals surface area contributed by atoms with E-state index in [1.807, 2.05) is 0 Å². The predicted molar refractivity (Wildman–Crippen MR) is 69.3 cm³/mol. The lowest BCUT2D eigenvalue weighted by Gasteiger charge is -2.08. The Morgan fingerprint density at radius 2 is 2.00 bits per heavy atom. The molecular weight excluding hydrogens is 270 g/mol. The van der Waals surface area contributed by atoms with E-state index in [1.165, 1.54) is 0 Å². The number of hydroxylamine groups is 1. The maximum Gasteiger partial charge on any atom is 0.323 e. The maximum absolute atomic E-state index is 10.3. The van der Waals surface area contributed by atoms with Gasteiger partial charge in [-0.15, -0.1) is 0 Å². The van der Waals surface area contributed by atoms with Gasteiger partial charge in [-0.3, -0.25) is 9.59 Å². The molecule has 0 amide bonds. The second kappa shape index (κ2) is 10.5. The van der Waals surface area contributed by atoms with E-state index in [1.54, 1.807) is 5.48 Å². The van der Waals surface area contributed by atoms with Crippen LogP contribution in [0.15, 0.2) is 0 Å². The van der Waals surface area contributed by atoms with Crippen LogP contribution >= 0.6 is 0 Å². The molecule has 3 atom stereocenters. The summed E-state index contributed by atoms with van der Waals surface area (Å²) in [5, 5.41) is 36.6. The minimum absolute atomic E-state index is 0.329. The molecule has 1 rings (SSSR count). The molecule has 0 aromatic heterocycles. The van der Waals surface area contributed by atoms with Crippen LogP contribution in [0.4, 0.5) is 0 Å². The number of aliphatic hydroxyl groups excluding tert-OH is 1. The van der Waals surface area contributed by atoms with Crippen LogP contribution < -0.4 is 16.5 Å². The minimum atomic E-state index is -1.04. The minimum Gasteiger partial charge on any atom is -0.480 e. The molecule has 1 heterocycles. The van der Waals surface area contributed by atoms with Crippen LogP contribution in [-0.2, 0) is 9.59 Å². The van der Waals surface area contributed by atoms with E-state index in [-0.39, 0.29) is 0 Å². The largest absolute Gasteiger partial charge is 0.480 e. The van der Waals surface area contributed by atoms with Gasteiger partial charge in [-0.1, -0.05) is 0 Å². The Bertz CT molecular complexity index is 302. The van der Waals surface area contributed by atoms with Crippen LogP contribution in [0.25, 0.3) is 0 Å². The van der Waals surface area contributed by atoms with E-state index >= 15 is 0 Å². The molecular formula is C11H23N3O6. The van der Waals surface area contributed by atoms with E-state index in [9.17, 15) is 9.59 Å². The SMILES string of the molecule is NCCCC[C@H](NO)C(=O)O.O=C(O)[C@@H]1CC(O)CN1. The van der Waals surface area contributed by atoms with Crippen LogP contribution in [0.5, 0.6) is 0 Å². The molecule has 1 aliphatic heterocycles. The average molecular weight is 293 g/mol. The standard InChI is InChI=1S/C6H14N2O3.C5H9NO3/c7-4-2-1-3-5(8-11)6(9)10;7-3-1-4(5(8)9)6-2-3/h5,8,11H,1-4,7H2,(H,9,10);3-4,6-7H,1-2H2,(H,8,9)/t5-;3?,4-/m00/s1. The highest BCUT2D eigenvalue weighted by Crippen LogP contribution is 2.05. The van der Waals surface area contributed by atoms with E-state index in [2.05, 4.69) is 5.32 Å². The third-order valence-electron chi connectivity index (χ3n) is 2.81. The van der Waals surface area contributed by atoms with Crippen molar-refractivity contribution in [3.05, 3.63) is 0 Å². The molecule has 0 spiro atoms. The van der Waals surface area contributed by atoms with Crippen molar-refractivity contribution in [3.63, 3.8) is 0 Å². The first-order valence-electron chi connectivity index (χ1n) is 6.39.